The third kappa shape index (κ3) is 2.94. The lowest BCUT2D eigenvalue weighted by molar-refractivity contribution is -0.113. The highest BCUT2D eigenvalue weighted by atomic mass is 16.5. The van der Waals surface area contributed by atoms with Gasteiger partial charge in [-0.05, 0) is 44.7 Å². The number of rotatable bonds is 2. The van der Waals surface area contributed by atoms with E-state index in [0.717, 1.165) is 19.0 Å². The Morgan fingerprint density at radius 3 is 2.21 bits per heavy atom. The molecule has 2 heterocycles. The van der Waals surface area contributed by atoms with Gasteiger partial charge in [-0.15, -0.1) is 0 Å². The number of hydrogen-bond acceptors (Lipinski definition) is 3. The van der Waals surface area contributed by atoms with Crippen LogP contribution < -0.4 is 0 Å². The summed E-state index contributed by atoms with van der Waals surface area (Å²) in [5.41, 5.74) is 0. The van der Waals surface area contributed by atoms with Crippen molar-refractivity contribution in [2.75, 3.05) is 32.7 Å². The zero-order chi connectivity index (χ0) is 9.80. The molecule has 2 saturated heterocycles. The first-order chi connectivity index (χ1) is 6.84. The fourth-order valence-electron chi connectivity index (χ4n) is 2.61. The van der Waals surface area contributed by atoms with Crippen LogP contribution in [0.15, 0.2) is 0 Å². The monoisotopic (exact) mass is 198 g/mol. The van der Waals surface area contributed by atoms with Crippen LogP contribution in [0.2, 0.25) is 0 Å². The van der Waals surface area contributed by atoms with Crippen molar-refractivity contribution in [1.82, 2.24) is 9.96 Å². The average Bonchev–Trinajstić information content (AvgIpc) is 2.23. The predicted octanol–water partition coefficient (Wildman–Crippen LogP) is 1.57. The Morgan fingerprint density at radius 2 is 1.57 bits per heavy atom. The van der Waals surface area contributed by atoms with E-state index in [0.29, 0.717) is 0 Å². The van der Waals surface area contributed by atoms with E-state index in [9.17, 15) is 5.21 Å². The Bertz CT molecular complexity index is 161. The van der Waals surface area contributed by atoms with Crippen LogP contribution in [0.3, 0.4) is 0 Å². The number of hydroxylamine groups is 2. The Balaban J connectivity index is 1.68. The summed E-state index contributed by atoms with van der Waals surface area (Å²) in [4.78, 5) is 2.61. The molecular weight excluding hydrogens is 176 g/mol. The number of piperidine rings is 2. The van der Waals surface area contributed by atoms with Crippen molar-refractivity contribution in [2.24, 2.45) is 5.92 Å². The summed E-state index contributed by atoms with van der Waals surface area (Å²) in [5.74, 6) is 0.830. The lowest BCUT2D eigenvalue weighted by atomic mass is 9.96. The minimum absolute atomic E-state index is 0.830. The van der Waals surface area contributed by atoms with E-state index in [4.69, 9.17) is 0 Å². The maximum atomic E-state index is 9.25. The third-order valence-electron chi connectivity index (χ3n) is 3.56. The molecule has 0 aromatic heterocycles. The van der Waals surface area contributed by atoms with Crippen molar-refractivity contribution < 1.29 is 5.21 Å². The Hall–Kier alpha value is -0.120. The second-order valence-corrected chi connectivity index (χ2v) is 4.76. The fourth-order valence-corrected chi connectivity index (χ4v) is 2.61. The molecule has 2 aliphatic rings. The van der Waals surface area contributed by atoms with Crippen molar-refractivity contribution in [3.8, 4) is 0 Å². The molecule has 3 nitrogen and oxygen atoms in total. The molecule has 0 unspecified atom stereocenters. The first-order valence-electron chi connectivity index (χ1n) is 6.01. The highest BCUT2D eigenvalue weighted by Gasteiger charge is 2.21. The van der Waals surface area contributed by atoms with Gasteiger partial charge >= 0.3 is 0 Å². The largest absolute Gasteiger partial charge is 0.314 e. The van der Waals surface area contributed by atoms with Crippen LogP contribution in [0.25, 0.3) is 0 Å². The van der Waals surface area contributed by atoms with Gasteiger partial charge < -0.3 is 10.1 Å². The summed E-state index contributed by atoms with van der Waals surface area (Å²) in [6.45, 7) is 5.63. The van der Waals surface area contributed by atoms with Crippen molar-refractivity contribution in [3.63, 3.8) is 0 Å². The molecular formula is C11H22N2O. The Morgan fingerprint density at radius 1 is 0.929 bits per heavy atom. The van der Waals surface area contributed by atoms with E-state index in [1.807, 2.05) is 0 Å². The van der Waals surface area contributed by atoms with E-state index in [2.05, 4.69) is 4.90 Å². The van der Waals surface area contributed by atoms with Crippen molar-refractivity contribution in [2.45, 2.75) is 32.1 Å². The Kier molecular flexibility index (Phi) is 3.79. The smallest absolute Gasteiger partial charge is 0.0241 e. The number of hydrogen-bond donors (Lipinski definition) is 1. The van der Waals surface area contributed by atoms with E-state index >= 15 is 0 Å². The van der Waals surface area contributed by atoms with E-state index in [-0.39, 0.29) is 0 Å². The van der Waals surface area contributed by atoms with Crippen LogP contribution in [0, 0.1) is 5.92 Å². The van der Waals surface area contributed by atoms with Crippen LogP contribution in [-0.4, -0.2) is 47.9 Å². The quantitative estimate of drug-likeness (QED) is 0.729. The molecule has 0 amide bonds. The molecule has 3 heteroatoms. The van der Waals surface area contributed by atoms with E-state index in [1.54, 1.807) is 0 Å². The van der Waals surface area contributed by atoms with E-state index in [1.165, 1.54) is 56.8 Å². The van der Waals surface area contributed by atoms with Gasteiger partial charge in [-0.1, -0.05) is 6.42 Å². The molecule has 0 radical (unpaired) electrons. The first kappa shape index (κ1) is 10.4. The van der Waals surface area contributed by atoms with Gasteiger partial charge in [0.25, 0.3) is 0 Å². The maximum absolute atomic E-state index is 9.25. The fraction of sp³-hybridized carbons (Fsp3) is 1.00. The third-order valence-corrected chi connectivity index (χ3v) is 3.56. The molecule has 0 spiro atoms. The van der Waals surface area contributed by atoms with Gasteiger partial charge in [-0.25, -0.2) is 0 Å². The molecule has 0 aromatic carbocycles. The van der Waals surface area contributed by atoms with Crippen LogP contribution >= 0.6 is 0 Å². The van der Waals surface area contributed by atoms with Crippen molar-refractivity contribution in [1.29, 1.82) is 0 Å². The summed E-state index contributed by atoms with van der Waals surface area (Å²) >= 11 is 0. The zero-order valence-corrected chi connectivity index (χ0v) is 8.99. The molecule has 0 aliphatic carbocycles. The van der Waals surface area contributed by atoms with Crippen LogP contribution in [0.4, 0.5) is 0 Å². The van der Waals surface area contributed by atoms with Gasteiger partial charge in [0.1, 0.15) is 0 Å². The minimum atomic E-state index is 0.830. The van der Waals surface area contributed by atoms with Crippen LogP contribution in [0.5, 0.6) is 0 Å². The summed E-state index contributed by atoms with van der Waals surface area (Å²) in [5, 5.41) is 10.7. The van der Waals surface area contributed by atoms with Gasteiger partial charge in [0.2, 0.25) is 0 Å². The average molecular weight is 198 g/mol. The predicted molar refractivity (Wildman–Crippen MR) is 56.4 cm³/mol. The summed E-state index contributed by atoms with van der Waals surface area (Å²) < 4.78 is 0. The molecule has 14 heavy (non-hydrogen) atoms. The van der Waals surface area contributed by atoms with Gasteiger partial charge in [0.05, 0.1) is 0 Å². The van der Waals surface area contributed by atoms with Crippen LogP contribution in [-0.2, 0) is 0 Å². The topological polar surface area (TPSA) is 26.7 Å². The molecule has 0 aromatic rings. The summed E-state index contributed by atoms with van der Waals surface area (Å²) in [7, 11) is 0. The highest BCUT2D eigenvalue weighted by Crippen LogP contribution is 2.19. The zero-order valence-electron chi connectivity index (χ0n) is 8.99. The lowest BCUT2D eigenvalue weighted by Gasteiger charge is -2.33. The minimum Gasteiger partial charge on any atom is -0.314 e. The SMILES string of the molecule is ON1CCC(CN2CCCCC2)CC1. The molecule has 2 aliphatic heterocycles. The normalized spacial score (nSPS) is 28.1. The number of likely N-dealkylation sites (tertiary alicyclic amines) is 1. The molecule has 2 fully saturated rings. The summed E-state index contributed by atoms with van der Waals surface area (Å²) in [6.07, 6.45) is 6.54. The van der Waals surface area contributed by atoms with Crippen LogP contribution in [0.1, 0.15) is 32.1 Å². The van der Waals surface area contributed by atoms with E-state index < -0.39 is 0 Å². The maximum Gasteiger partial charge on any atom is 0.0241 e. The van der Waals surface area contributed by atoms with Crippen molar-refractivity contribution >= 4 is 0 Å². The van der Waals surface area contributed by atoms with Gasteiger partial charge in [0.15, 0.2) is 0 Å². The Labute approximate surface area is 86.6 Å². The standard InChI is InChI=1S/C11H22N2O/c14-13-8-4-11(5-9-13)10-12-6-2-1-3-7-12/h11,14H,1-10H2. The van der Waals surface area contributed by atoms with Gasteiger partial charge in [0, 0.05) is 19.6 Å². The second-order valence-electron chi connectivity index (χ2n) is 4.76. The second kappa shape index (κ2) is 5.10. The molecule has 82 valence electrons. The number of nitrogens with zero attached hydrogens (tertiary/aromatic N) is 2. The first-order valence-corrected chi connectivity index (χ1v) is 6.01. The van der Waals surface area contributed by atoms with Crippen molar-refractivity contribution in [3.05, 3.63) is 0 Å². The summed E-state index contributed by atoms with van der Waals surface area (Å²) in [6, 6.07) is 0. The lowest BCUT2D eigenvalue weighted by Crippen LogP contribution is -2.39. The van der Waals surface area contributed by atoms with Gasteiger partial charge in [-0.2, -0.15) is 5.06 Å². The highest BCUT2D eigenvalue weighted by molar-refractivity contribution is 4.73. The molecule has 2 rings (SSSR count). The molecule has 0 atom stereocenters. The molecule has 1 N–H and O–H groups in total. The molecule has 0 saturated carbocycles. The van der Waals surface area contributed by atoms with Gasteiger partial charge in [-0.3, -0.25) is 0 Å². The molecule has 0 bridgehead atoms.